The Hall–Kier alpha value is -1.13. The largest absolute Gasteiger partial charge is 0.494 e. The van der Waals surface area contributed by atoms with E-state index in [2.05, 4.69) is 12.3 Å². The second-order valence-corrected chi connectivity index (χ2v) is 5.14. The van der Waals surface area contributed by atoms with Crippen molar-refractivity contribution in [1.29, 1.82) is 0 Å². The zero-order chi connectivity index (χ0) is 14.8. The minimum absolute atomic E-state index is 0.156. The van der Waals surface area contributed by atoms with E-state index in [0.29, 0.717) is 5.56 Å². The zero-order valence-corrected chi connectivity index (χ0v) is 12.6. The smallest absolute Gasteiger partial charge is 0.169 e. The van der Waals surface area contributed by atoms with Crippen molar-refractivity contribution in [3.63, 3.8) is 0 Å². The number of hydrogen-bond acceptors (Lipinski definition) is 3. The van der Waals surface area contributed by atoms with E-state index in [1.54, 1.807) is 18.2 Å². The molecule has 0 fully saturated rings. The van der Waals surface area contributed by atoms with Crippen LogP contribution in [0.5, 0.6) is 5.75 Å². The Kier molecular flexibility index (Phi) is 8.23. The lowest BCUT2D eigenvalue weighted by atomic mass is 9.99. The Balaban J connectivity index is 2.50. The van der Waals surface area contributed by atoms with Gasteiger partial charge in [-0.15, -0.1) is 0 Å². The molecule has 0 aliphatic heterocycles. The van der Waals surface area contributed by atoms with Gasteiger partial charge in [0.15, 0.2) is 11.6 Å². The van der Waals surface area contributed by atoms with Crippen LogP contribution < -0.4 is 16.0 Å². The quantitative estimate of drug-likeness (QED) is 0.386. The number of hydrogen-bond donors (Lipinski definition) is 2. The predicted molar refractivity (Wildman–Crippen MR) is 81.0 cm³/mol. The third-order valence-electron chi connectivity index (χ3n) is 3.64. The predicted octanol–water partition coefficient (Wildman–Crippen LogP) is 4.09. The highest BCUT2D eigenvalue weighted by atomic mass is 19.1. The van der Waals surface area contributed by atoms with Gasteiger partial charge in [0.05, 0.1) is 7.11 Å². The molecular weight excluding hydrogens is 255 g/mol. The number of hydrazine groups is 1. The summed E-state index contributed by atoms with van der Waals surface area (Å²) in [6, 6.07) is 5.02. The van der Waals surface area contributed by atoms with Crippen LogP contribution >= 0.6 is 0 Å². The van der Waals surface area contributed by atoms with E-state index in [1.807, 2.05) is 0 Å². The van der Waals surface area contributed by atoms with Gasteiger partial charge in [-0.3, -0.25) is 11.3 Å². The van der Waals surface area contributed by atoms with Crippen LogP contribution in [0.25, 0.3) is 0 Å². The first-order valence-electron chi connectivity index (χ1n) is 7.53. The Morgan fingerprint density at radius 1 is 1.20 bits per heavy atom. The van der Waals surface area contributed by atoms with Crippen LogP contribution in [-0.4, -0.2) is 7.11 Å². The summed E-state index contributed by atoms with van der Waals surface area (Å²) in [6.07, 6.45) is 8.13. The van der Waals surface area contributed by atoms with Crippen molar-refractivity contribution < 1.29 is 9.13 Å². The van der Waals surface area contributed by atoms with Crippen LogP contribution in [0.4, 0.5) is 4.39 Å². The lowest BCUT2D eigenvalue weighted by Gasteiger charge is -2.18. The molecule has 4 heteroatoms. The van der Waals surface area contributed by atoms with Crippen LogP contribution in [0, 0.1) is 5.82 Å². The van der Waals surface area contributed by atoms with Crippen LogP contribution in [0.3, 0.4) is 0 Å². The number of nitrogens with two attached hydrogens (primary N) is 1. The highest BCUT2D eigenvalue weighted by Crippen LogP contribution is 2.27. The normalized spacial score (nSPS) is 12.4. The van der Waals surface area contributed by atoms with Crippen molar-refractivity contribution in [2.75, 3.05) is 7.11 Å². The molecule has 0 aromatic heterocycles. The third kappa shape index (κ3) is 5.10. The molecule has 1 unspecified atom stereocenters. The average molecular weight is 282 g/mol. The maximum absolute atomic E-state index is 14.2. The van der Waals surface area contributed by atoms with Crippen molar-refractivity contribution >= 4 is 0 Å². The summed E-state index contributed by atoms with van der Waals surface area (Å²) < 4.78 is 19.2. The fourth-order valence-corrected chi connectivity index (χ4v) is 2.41. The number of rotatable bonds is 10. The van der Waals surface area contributed by atoms with Crippen LogP contribution in [0.2, 0.25) is 0 Å². The lowest BCUT2D eigenvalue weighted by Crippen LogP contribution is -2.28. The summed E-state index contributed by atoms with van der Waals surface area (Å²) in [5, 5.41) is 0. The first-order chi connectivity index (χ1) is 9.74. The van der Waals surface area contributed by atoms with E-state index >= 15 is 0 Å². The highest BCUT2D eigenvalue weighted by molar-refractivity contribution is 5.32. The number of benzene rings is 1. The van der Waals surface area contributed by atoms with E-state index in [1.165, 1.54) is 39.2 Å². The molecule has 1 aromatic rings. The molecule has 3 nitrogen and oxygen atoms in total. The van der Waals surface area contributed by atoms with Gasteiger partial charge in [0.25, 0.3) is 0 Å². The molecule has 0 aliphatic rings. The third-order valence-corrected chi connectivity index (χ3v) is 3.64. The fraction of sp³-hybridized carbons (Fsp3) is 0.625. The van der Waals surface area contributed by atoms with Gasteiger partial charge in [0, 0.05) is 11.6 Å². The molecule has 1 atom stereocenters. The Morgan fingerprint density at radius 3 is 2.55 bits per heavy atom. The highest BCUT2D eigenvalue weighted by Gasteiger charge is 2.16. The van der Waals surface area contributed by atoms with Crippen molar-refractivity contribution in [2.45, 2.75) is 57.9 Å². The van der Waals surface area contributed by atoms with Gasteiger partial charge in [0.2, 0.25) is 0 Å². The first kappa shape index (κ1) is 16.9. The van der Waals surface area contributed by atoms with Crippen molar-refractivity contribution in [3.05, 3.63) is 29.6 Å². The first-order valence-corrected chi connectivity index (χ1v) is 7.53. The molecule has 0 saturated heterocycles. The molecule has 1 aromatic carbocycles. The Morgan fingerprint density at radius 2 is 1.90 bits per heavy atom. The Bertz CT molecular complexity index is 385. The second-order valence-electron chi connectivity index (χ2n) is 5.14. The van der Waals surface area contributed by atoms with Gasteiger partial charge >= 0.3 is 0 Å². The van der Waals surface area contributed by atoms with E-state index < -0.39 is 0 Å². The minimum atomic E-state index is -0.316. The molecule has 1 rings (SSSR count). The minimum Gasteiger partial charge on any atom is -0.494 e. The maximum Gasteiger partial charge on any atom is 0.169 e. The summed E-state index contributed by atoms with van der Waals surface area (Å²) in [5.41, 5.74) is 3.30. The van der Waals surface area contributed by atoms with Crippen molar-refractivity contribution in [2.24, 2.45) is 5.84 Å². The summed E-state index contributed by atoms with van der Waals surface area (Å²) >= 11 is 0. The van der Waals surface area contributed by atoms with E-state index in [0.717, 1.165) is 12.8 Å². The Labute approximate surface area is 121 Å². The molecule has 0 aliphatic carbocycles. The summed E-state index contributed by atoms with van der Waals surface area (Å²) in [4.78, 5) is 0. The molecule has 20 heavy (non-hydrogen) atoms. The fourth-order valence-electron chi connectivity index (χ4n) is 2.41. The number of methoxy groups -OCH3 is 1. The van der Waals surface area contributed by atoms with Crippen LogP contribution in [0.1, 0.15) is 63.5 Å². The SMILES string of the molecule is CCCCCCCCC(NN)c1cccc(OC)c1F. The molecule has 0 radical (unpaired) electrons. The maximum atomic E-state index is 14.2. The standard InChI is InChI=1S/C16H27FN2O/c1-3-4-5-6-7-8-11-14(19-18)13-10-9-12-15(20-2)16(13)17/h9-10,12,14,19H,3-8,11,18H2,1-2H3. The van der Waals surface area contributed by atoms with E-state index in [9.17, 15) is 4.39 Å². The molecule has 0 heterocycles. The van der Waals surface area contributed by atoms with E-state index in [-0.39, 0.29) is 17.6 Å². The topological polar surface area (TPSA) is 47.3 Å². The van der Waals surface area contributed by atoms with Crippen molar-refractivity contribution in [3.8, 4) is 5.75 Å². The van der Waals surface area contributed by atoms with E-state index in [4.69, 9.17) is 10.6 Å². The van der Waals surface area contributed by atoms with Crippen LogP contribution in [-0.2, 0) is 0 Å². The number of unbranched alkanes of at least 4 members (excludes halogenated alkanes) is 5. The molecule has 0 amide bonds. The summed E-state index contributed by atoms with van der Waals surface area (Å²) in [5.74, 6) is 5.52. The van der Waals surface area contributed by atoms with Gasteiger partial charge in [-0.1, -0.05) is 57.6 Å². The van der Waals surface area contributed by atoms with Crippen molar-refractivity contribution in [1.82, 2.24) is 5.43 Å². The molecule has 0 spiro atoms. The molecule has 0 bridgehead atoms. The van der Waals surface area contributed by atoms with Gasteiger partial charge in [-0.25, -0.2) is 4.39 Å². The number of nitrogens with one attached hydrogen (secondary N) is 1. The summed E-state index contributed by atoms with van der Waals surface area (Å²) in [6.45, 7) is 2.21. The molecule has 3 N–H and O–H groups in total. The average Bonchev–Trinajstić information content (AvgIpc) is 2.47. The van der Waals surface area contributed by atoms with Gasteiger partial charge in [-0.05, 0) is 12.5 Å². The zero-order valence-electron chi connectivity index (χ0n) is 12.6. The summed E-state index contributed by atoms with van der Waals surface area (Å²) in [7, 11) is 1.47. The molecule has 114 valence electrons. The van der Waals surface area contributed by atoms with Crippen LogP contribution in [0.15, 0.2) is 18.2 Å². The molecule has 0 saturated carbocycles. The van der Waals surface area contributed by atoms with Gasteiger partial charge in [0.1, 0.15) is 0 Å². The lowest BCUT2D eigenvalue weighted by molar-refractivity contribution is 0.376. The number of ether oxygens (including phenoxy) is 1. The van der Waals surface area contributed by atoms with Gasteiger partial charge < -0.3 is 4.74 Å². The van der Waals surface area contributed by atoms with Gasteiger partial charge in [-0.2, -0.15) is 0 Å². The molecular formula is C16H27FN2O. The monoisotopic (exact) mass is 282 g/mol. The second kappa shape index (κ2) is 9.72. The number of halogens is 1.